The van der Waals surface area contributed by atoms with Crippen LogP contribution in [-0.2, 0) is 10.3 Å². The molecule has 0 radical (unpaired) electrons. The molecule has 2 N–H and O–H groups in total. The summed E-state index contributed by atoms with van der Waals surface area (Å²) < 4.78 is 0. The third-order valence-electron chi connectivity index (χ3n) is 3.30. The van der Waals surface area contributed by atoms with Crippen LogP contribution >= 0.6 is 0 Å². The zero-order valence-corrected chi connectivity index (χ0v) is 10.4. The maximum atomic E-state index is 11.8. The van der Waals surface area contributed by atoms with Crippen molar-refractivity contribution in [3.8, 4) is 0 Å². The normalized spacial score (nSPS) is 24.8. The molecule has 0 aliphatic carbocycles. The SMILES string of the molecule is Cc1ccc([C@]2(C)CC(=O)N(C)C(=N)N2)cc1. The lowest BCUT2D eigenvalue weighted by Crippen LogP contribution is -2.58. The third kappa shape index (κ3) is 2.02. The summed E-state index contributed by atoms with van der Waals surface area (Å²) >= 11 is 0. The fourth-order valence-corrected chi connectivity index (χ4v) is 2.03. The third-order valence-corrected chi connectivity index (χ3v) is 3.30. The van der Waals surface area contributed by atoms with E-state index in [0.29, 0.717) is 6.42 Å². The van der Waals surface area contributed by atoms with Crippen LogP contribution in [0.1, 0.15) is 24.5 Å². The Labute approximate surface area is 101 Å². The Morgan fingerprint density at radius 2 is 1.94 bits per heavy atom. The van der Waals surface area contributed by atoms with Gasteiger partial charge in [0, 0.05) is 7.05 Å². The molecule has 2 rings (SSSR count). The lowest BCUT2D eigenvalue weighted by molar-refractivity contribution is -0.129. The molecular formula is C13H17N3O. The molecule has 1 amide bonds. The van der Waals surface area contributed by atoms with Gasteiger partial charge in [-0.15, -0.1) is 0 Å². The smallest absolute Gasteiger partial charge is 0.231 e. The first-order valence-electron chi connectivity index (χ1n) is 5.63. The van der Waals surface area contributed by atoms with E-state index in [1.165, 1.54) is 10.5 Å². The van der Waals surface area contributed by atoms with E-state index in [1.807, 2.05) is 38.1 Å². The zero-order valence-electron chi connectivity index (χ0n) is 10.4. The molecule has 0 aromatic heterocycles. The number of guanidine groups is 1. The minimum atomic E-state index is -0.478. The van der Waals surface area contributed by atoms with E-state index in [1.54, 1.807) is 7.05 Å². The largest absolute Gasteiger partial charge is 0.346 e. The maximum absolute atomic E-state index is 11.8. The van der Waals surface area contributed by atoms with Crippen LogP contribution in [0.4, 0.5) is 0 Å². The fourth-order valence-electron chi connectivity index (χ4n) is 2.03. The Morgan fingerprint density at radius 3 is 2.47 bits per heavy atom. The molecule has 0 bridgehead atoms. The summed E-state index contributed by atoms with van der Waals surface area (Å²) in [5.74, 6) is 0.126. The van der Waals surface area contributed by atoms with Crippen LogP contribution < -0.4 is 5.32 Å². The Hall–Kier alpha value is -1.84. The minimum absolute atomic E-state index is 0.0307. The molecule has 17 heavy (non-hydrogen) atoms. The molecule has 0 saturated carbocycles. The highest BCUT2D eigenvalue weighted by Crippen LogP contribution is 2.28. The average molecular weight is 231 g/mol. The van der Waals surface area contributed by atoms with Crippen LogP contribution in [-0.4, -0.2) is 23.8 Å². The van der Waals surface area contributed by atoms with Gasteiger partial charge in [-0.2, -0.15) is 0 Å². The van der Waals surface area contributed by atoms with E-state index < -0.39 is 5.54 Å². The molecule has 1 aromatic rings. The molecule has 1 fully saturated rings. The van der Waals surface area contributed by atoms with Crippen molar-refractivity contribution in [1.29, 1.82) is 5.41 Å². The van der Waals surface area contributed by atoms with Gasteiger partial charge >= 0.3 is 0 Å². The maximum Gasteiger partial charge on any atom is 0.231 e. The second kappa shape index (κ2) is 3.87. The van der Waals surface area contributed by atoms with E-state index >= 15 is 0 Å². The van der Waals surface area contributed by atoms with Crippen molar-refractivity contribution in [2.24, 2.45) is 0 Å². The summed E-state index contributed by atoms with van der Waals surface area (Å²) in [6.45, 7) is 3.98. The summed E-state index contributed by atoms with van der Waals surface area (Å²) in [6, 6.07) is 8.06. The number of aryl methyl sites for hydroxylation is 1. The quantitative estimate of drug-likeness (QED) is 0.771. The number of rotatable bonds is 1. The second-order valence-corrected chi connectivity index (χ2v) is 4.80. The monoisotopic (exact) mass is 231 g/mol. The van der Waals surface area contributed by atoms with Crippen LogP contribution in [0, 0.1) is 12.3 Å². The van der Waals surface area contributed by atoms with E-state index in [2.05, 4.69) is 5.32 Å². The second-order valence-electron chi connectivity index (χ2n) is 4.80. The Balaban J connectivity index is 2.34. The highest BCUT2D eigenvalue weighted by molar-refractivity contribution is 5.98. The van der Waals surface area contributed by atoms with Crippen molar-refractivity contribution in [2.45, 2.75) is 25.8 Å². The molecule has 4 nitrogen and oxygen atoms in total. The molecule has 1 aliphatic heterocycles. The number of carbonyl (C=O) groups excluding carboxylic acids is 1. The number of hydrogen-bond donors (Lipinski definition) is 2. The first-order valence-corrected chi connectivity index (χ1v) is 5.63. The average Bonchev–Trinajstić information content (AvgIpc) is 2.26. The van der Waals surface area contributed by atoms with Crippen LogP contribution in [0.2, 0.25) is 0 Å². The van der Waals surface area contributed by atoms with Gasteiger partial charge < -0.3 is 5.32 Å². The Morgan fingerprint density at radius 1 is 1.35 bits per heavy atom. The number of hydrogen-bond acceptors (Lipinski definition) is 2. The van der Waals surface area contributed by atoms with Gasteiger partial charge in [-0.05, 0) is 19.4 Å². The Bertz CT molecular complexity index is 446. The molecule has 90 valence electrons. The summed E-state index contributed by atoms with van der Waals surface area (Å²) in [4.78, 5) is 13.1. The van der Waals surface area contributed by atoms with Crippen molar-refractivity contribution in [3.05, 3.63) is 35.4 Å². The van der Waals surface area contributed by atoms with Crippen LogP contribution in [0.3, 0.4) is 0 Å². The minimum Gasteiger partial charge on any atom is -0.346 e. The number of benzene rings is 1. The van der Waals surface area contributed by atoms with Crippen LogP contribution in [0.15, 0.2) is 24.3 Å². The van der Waals surface area contributed by atoms with Crippen molar-refractivity contribution in [2.75, 3.05) is 7.05 Å². The number of amides is 1. The fraction of sp³-hybridized carbons (Fsp3) is 0.385. The highest BCUT2D eigenvalue weighted by atomic mass is 16.2. The molecule has 1 aliphatic rings. The molecule has 4 heteroatoms. The molecule has 1 saturated heterocycles. The standard InChI is InChI=1S/C13H17N3O/c1-9-4-6-10(7-5-9)13(2)8-11(17)16(3)12(14)15-13/h4-7H,8H2,1-3H3,(H2,14,15)/t13-/m0/s1. The van der Waals surface area contributed by atoms with Gasteiger partial charge in [0.05, 0.1) is 12.0 Å². The van der Waals surface area contributed by atoms with E-state index in [4.69, 9.17) is 5.41 Å². The van der Waals surface area contributed by atoms with Gasteiger partial charge in [-0.3, -0.25) is 15.1 Å². The van der Waals surface area contributed by atoms with Crippen LogP contribution in [0.25, 0.3) is 0 Å². The van der Waals surface area contributed by atoms with Crippen molar-refractivity contribution < 1.29 is 4.79 Å². The molecule has 1 atom stereocenters. The van der Waals surface area contributed by atoms with Gasteiger partial charge in [-0.1, -0.05) is 29.8 Å². The lowest BCUT2D eigenvalue weighted by Gasteiger charge is -2.39. The predicted octanol–water partition coefficient (Wildman–Crippen LogP) is 1.60. The number of carbonyl (C=O) groups is 1. The molecule has 1 heterocycles. The topological polar surface area (TPSA) is 56.2 Å². The highest BCUT2D eigenvalue weighted by Gasteiger charge is 2.37. The van der Waals surface area contributed by atoms with Crippen molar-refractivity contribution >= 4 is 11.9 Å². The molecule has 0 spiro atoms. The Kier molecular flexibility index (Phi) is 2.65. The van der Waals surface area contributed by atoms with Gasteiger partial charge in [0.2, 0.25) is 5.91 Å². The summed E-state index contributed by atoms with van der Waals surface area (Å²) in [5.41, 5.74) is 1.75. The van der Waals surface area contributed by atoms with E-state index in [-0.39, 0.29) is 11.9 Å². The molecule has 1 aromatic carbocycles. The summed E-state index contributed by atoms with van der Waals surface area (Å²) in [7, 11) is 1.62. The van der Waals surface area contributed by atoms with Gasteiger partial charge in [0.25, 0.3) is 0 Å². The van der Waals surface area contributed by atoms with Gasteiger partial charge in [0.1, 0.15) is 0 Å². The summed E-state index contributed by atoms with van der Waals surface area (Å²) in [6.07, 6.45) is 0.370. The molecule has 0 unspecified atom stereocenters. The zero-order chi connectivity index (χ0) is 12.6. The van der Waals surface area contributed by atoms with Gasteiger partial charge in [0.15, 0.2) is 5.96 Å². The van der Waals surface area contributed by atoms with E-state index in [9.17, 15) is 4.79 Å². The summed E-state index contributed by atoms with van der Waals surface area (Å²) in [5, 5.41) is 10.9. The number of nitrogens with one attached hydrogen (secondary N) is 2. The van der Waals surface area contributed by atoms with Gasteiger partial charge in [-0.25, -0.2) is 0 Å². The first-order chi connectivity index (χ1) is 7.92. The van der Waals surface area contributed by atoms with Crippen molar-refractivity contribution in [1.82, 2.24) is 10.2 Å². The van der Waals surface area contributed by atoms with E-state index in [0.717, 1.165) is 5.56 Å². The molecular weight excluding hydrogens is 214 g/mol. The lowest BCUT2D eigenvalue weighted by atomic mass is 9.86. The number of nitrogens with zero attached hydrogens (tertiary/aromatic N) is 1. The van der Waals surface area contributed by atoms with Crippen LogP contribution in [0.5, 0.6) is 0 Å². The first kappa shape index (κ1) is 11.6. The van der Waals surface area contributed by atoms with Crippen molar-refractivity contribution in [3.63, 3.8) is 0 Å². The predicted molar refractivity (Wildman–Crippen MR) is 66.8 cm³/mol.